The summed E-state index contributed by atoms with van der Waals surface area (Å²) in [7, 11) is 0. The van der Waals surface area contributed by atoms with Gasteiger partial charge in [0.2, 0.25) is 0 Å². The predicted octanol–water partition coefficient (Wildman–Crippen LogP) is 0.740. The predicted molar refractivity (Wildman–Crippen MR) is 101 cm³/mol. The minimum Gasteiger partial charge on any atom is -0.466 e. The number of carbonyl (C=O) groups is 3. The zero-order valence-corrected chi connectivity index (χ0v) is 17.3. The molecule has 0 amide bonds. The molecule has 0 saturated heterocycles. The summed E-state index contributed by atoms with van der Waals surface area (Å²) in [6.07, 6.45) is 1.21. The van der Waals surface area contributed by atoms with Gasteiger partial charge in [-0.3, -0.25) is 4.79 Å². The Hall–Kier alpha value is -2.55. The van der Waals surface area contributed by atoms with Crippen molar-refractivity contribution in [2.24, 2.45) is 5.92 Å². The van der Waals surface area contributed by atoms with Crippen molar-refractivity contribution in [1.29, 1.82) is 0 Å². The van der Waals surface area contributed by atoms with Gasteiger partial charge >= 0.3 is 17.9 Å². The molecule has 0 saturated carbocycles. The molecule has 0 unspecified atom stereocenters. The van der Waals surface area contributed by atoms with Crippen molar-refractivity contribution in [3.8, 4) is 0 Å². The summed E-state index contributed by atoms with van der Waals surface area (Å²) in [6.45, 7) is 10.0. The van der Waals surface area contributed by atoms with Gasteiger partial charge < -0.3 is 30.0 Å². The zero-order valence-electron chi connectivity index (χ0n) is 17.3. The number of hydrogen-bond donors (Lipinski definition) is 3. The second kappa shape index (κ2) is 10.1. The third-order valence-electron chi connectivity index (χ3n) is 4.13. The fourth-order valence-corrected chi connectivity index (χ4v) is 3.14. The summed E-state index contributed by atoms with van der Waals surface area (Å²) >= 11 is 0. The first kappa shape index (κ1) is 23.5. The number of rotatable bonds is 8. The maximum absolute atomic E-state index is 12.6. The molecule has 0 aromatic carbocycles. The van der Waals surface area contributed by atoms with Crippen LogP contribution in [0.25, 0.3) is 0 Å². The molecule has 3 N–H and O–H groups in total. The van der Waals surface area contributed by atoms with Crippen molar-refractivity contribution >= 4 is 17.9 Å². The van der Waals surface area contributed by atoms with Gasteiger partial charge in [-0.1, -0.05) is 0 Å². The number of nitrogens with one attached hydrogen (secondary N) is 2. The van der Waals surface area contributed by atoms with Gasteiger partial charge in [0.05, 0.1) is 31.4 Å². The van der Waals surface area contributed by atoms with Crippen molar-refractivity contribution in [1.82, 2.24) is 10.6 Å². The number of aliphatic hydroxyl groups is 1. The molecule has 9 heteroatoms. The molecule has 0 aromatic rings. The highest BCUT2D eigenvalue weighted by Gasteiger charge is 2.51. The summed E-state index contributed by atoms with van der Waals surface area (Å²) in [5.74, 6) is -3.09. The maximum atomic E-state index is 12.6. The fourth-order valence-electron chi connectivity index (χ4n) is 3.14. The Bertz CT molecular complexity index is 667. The van der Waals surface area contributed by atoms with Crippen LogP contribution in [-0.4, -0.2) is 54.6 Å². The second-order valence-electron chi connectivity index (χ2n) is 6.46. The molecule has 1 rings (SSSR count). The van der Waals surface area contributed by atoms with Gasteiger partial charge in [-0.2, -0.15) is 0 Å². The average molecular weight is 398 g/mol. The maximum Gasteiger partial charge on any atom is 0.337 e. The van der Waals surface area contributed by atoms with Crippen LogP contribution in [0.4, 0.5) is 0 Å². The molecule has 28 heavy (non-hydrogen) atoms. The minimum atomic E-state index is -1.70. The van der Waals surface area contributed by atoms with Crippen LogP contribution in [0.3, 0.4) is 0 Å². The quantitative estimate of drug-likeness (QED) is 0.308. The molecule has 0 fully saturated rings. The topological polar surface area (TPSA) is 123 Å². The third-order valence-corrected chi connectivity index (χ3v) is 4.13. The largest absolute Gasteiger partial charge is 0.466 e. The van der Waals surface area contributed by atoms with Crippen LogP contribution >= 0.6 is 0 Å². The highest BCUT2D eigenvalue weighted by Crippen LogP contribution is 2.33. The lowest BCUT2D eigenvalue weighted by atomic mass is 9.80. The van der Waals surface area contributed by atoms with Crippen LogP contribution in [0.5, 0.6) is 0 Å². The molecule has 0 aromatic heterocycles. The molecule has 1 aliphatic heterocycles. The summed E-state index contributed by atoms with van der Waals surface area (Å²) in [4.78, 5) is 36.9. The van der Waals surface area contributed by atoms with Crippen LogP contribution in [0.1, 0.15) is 41.5 Å². The molecular weight excluding hydrogens is 368 g/mol. The summed E-state index contributed by atoms with van der Waals surface area (Å²) < 4.78 is 15.1. The standard InChI is InChI=1S/C19H30N2O7/c1-7-26-13(22)10-11(4)20-16-14(17(23)27-8-2)12(5)21-19(6,25)15(16)18(24)28-9-3/h10,15-16,20-21,25H,7-9H2,1-6H3/b11-10+/t15-,16+,19+/m0/s1. The van der Waals surface area contributed by atoms with Crippen LogP contribution in [0, 0.1) is 5.92 Å². The first-order chi connectivity index (χ1) is 13.1. The molecular formula is C19H30N2O7. The van der Waals surface area contributed by atoms with E-state index in [4.69, 9.17) is 14.2 Å². The Kier molecular flexibility index (Phi) is 8.49. The molecule has 0 aliphatic carbocycles. The van der Waals surface area contributed by atoms with Gasteiger partial charge in [-0.25, -0.2) is 9.59 Å². The van der Waals surface area contributed by atoms with Crippen molar-refractivity contribution in [2.45, 2.75) is 53.3 Å². The van der Waals surface area contributed by atoms with Gasteiger partial charge in [0.25, 0.3) is 0 Å². The number of ether oxygens (including phenoxy) is 3. The molecule has 9 nitrogen and oxygen atoms in total. The summed E-state index contributed by atoms with van der Waals surface area (Å²) in [5, 5.41) is 16.6. The number of hydrogen-bond acceptors (Lipinski definition) is 9. The first-order valence-electron chi connectivity index (χ1n) is 9.25. The lowest BCUT2D eigenvalue weighted by Crippen LogP contribution is -2.63. The van der Waals surface area contributed by atoms with E-state index < -0.39 is 35.6 Å². The lowest BCUT2D eigenvalue weighted by Gasteiger charge is -2.43. The average Bonchev–Trinajstić information content (AvgIpc) is 2.53. The molecule has 0 radical (unpaired) electrons. The van der Waals surface area contributed by atoms with E-state index in [-0.39, 0.29) is 25.4 Å². The van der Waals surface area contributed by atoms with Crippen LogP contribution < -0.4 is 10.6 Å². The van der Waals surface area contributed by atoms with Crippen molar-refractivity contribution in [3.63, 3.8) is 0 Å². The van der Waals surface area contributed by atoms with Gasteiger partial charge in [-0.15, -0.1) is 0 Å². The molecule has 158 valence electrons. The van der Waals surface area contributed by atoms with Gasteiger partial charge in [0, 0.05) is 17.5 Å². The lowest BCUT2D eigenvalue weighted by molar-refractivity contribution is -0.162. The molecule has 3 atom stereocenters. The molecule has 0 bridgehead atoms. The normalized spacial score (nSPS) is 24.9. The first-order valence-corrected chi connectivity index (χ1v) is 9.25. The Balaban J connectivity index is 3.41. The van der Waals surface area contributed by atoms with E-state index in [1.165, 1.54) is 13.0 Å². The fraction of sp³-hybridized carbons (Fsp3) is 0.632. The number of esters is 3. The van der Waals surface area contributed by atoms with Crippen LogP contribution in [0.2, 0.25) is 0 Å². The molecule has 0 spiro atoms. The van der Waals surface area contributed by atoms with Crippen molar-refractivity contribution in [3.05, 3.63) is 23.0 Å². The summed E-state index contributed by atoms with van der Waals surface area (Å²) in [6, 6.07) is -0.986. The highest BCUT2D eigenvalue weighted by atomic mass is 16.5. The molecule has 1 heterocycles. The van der Waals surface area contributed by atoms with Gasteiger partial charge in [0.1, 0.15) is 11.6 Å². The van der Waals surface area contributed by atoms with E-state index in [1.807, 2.05) is 0 Å². The van der Waals surface area contributed by atoms with Crippen LogP contribution in [-0.2, 0) is 28.6 Å². The third kappa shape index (κ3) is 5.72. The number of allylic oxidation sites excluding steroid dienone is 2. The van der Waals surface area contributed by atoms with E-state index >= 15 is 0 Å². The smallest absolute Gasteiger partial charge is 0.337 e. The highest BCUT2D eigenvalue weighted by molar-refractivity contribution is 5.93. The zero-order chi connectivity index (χ0) is 21.5. The van der Waals surface area contributed by atoms with Crippen molar-refractivity contribution in [2.75, 3.05) is 19.8 Å². The Morgan fingerprint density at radius 3 is 2.25 bits per heavy atom. The van der Waals surface area contributed by atoms with Gasteiger partial charge in [-0.05, 0) is 41.5 Å². The number of carbonyl (C=O) groups excluding carboxylic acids is 3. The van der Waals surface area contributed by atoms with E-state index in [1.54, 1.807) is 34.6 Å². The summed E-state index contributed by atoms with van der Waals surface area (Å²) in [5.41, 5.74) is -0.854. The second-order valence-corrected chi connectivity index (χ2v) is 6.46. The van der Waals surface area contributed by atoms with E-state index in [9.17, 15) is 19.5 Å². The van der Waals surface area contributed by atoms with E-state index in [0.717, 1.165) is 0 Å². The monoisotopic (exact) mass is 398 g/mol. The van der Waals surface area contributed by atoms with Gasteiger partial charge in [0.15, 0.2) is 0 Å². The Morgan fingerprint density at radius 1 is 1.14 bits per heavy atom. The molecule has 1 aliphatic rings. The van der Waals surface area contributed by atoms with E-state index in [0.29, 0.717) is 11.4 Å². The van der Waals surface area contributed by atoms with E-state index in [2.05, 4.69) is 10.6 Å². The minimum absolute atomic E-state index is 0.104. The van der Waals surface area contributed by atoms with Crippen LogP contribution in [0.15, 0.2) is 23.0 Å². The Labute approximate surface area is 165 Å². The Morgan fingerprint density at radius 2 is 1.71 bits per heavy atom. The van der Waals surface area contributed by atoms with Crippen molar-refractivity contribution < 1.29 is 33.7 Å². The SMILES string of the molecule is CCOC(=O)/C=C(\C)N[C@@H]1C(C(=O)OCC)=C(C)N[C@](C)(O)[C@@H]1C(=O)OCC.